The van der Waals surface area contributed by atoms with Gasteiger partial charge in [0.25, 0.3) is 5.56 Å². The Labute approximate surface area is 123 Å². The van der Waals surface area contributed by atoms with Crippen LogP contribution in [0.1, 0.15) is 22.8 Å². The third-order valence-electron chi connectivity index (χ3n) is 2.84. The molecule has 1 heterocycles. The van der Waals surface area contributed by atoms with E-state index in [1.165, 1.54) is 13.0 Å². The summed E-state index contributed by atoms with van der Waals surface area (Å²) in [4.78, 5) is 37.9. The molecule has 2 rings (SSSR count). The first-order chi connectivity index (χ1) is 9.34. The maximum atomic E-state index is 12.3. The highest BCUT2D eigenvalue weighted by molar-refractivity contribution is 6.38. The van der Waals surface area contributed by atoms with Crippen LogP contribution in [0.4, 0.5) is 0 Å². The third kappa shape index (κ3) is 2.30. The predicted molar refractivity (Wildman–Crippen MR) is 77.4 cm³/mol. The summed E-state index contributed by atoms with van der Waals surface area (Å²) in [5.74, 6) is -0.458. The van der Waals surface area contributed by atoms with E-state index in [9.17, 15) is 14.4 Å². The SMILES string of the molecule is CC(=O)c1c[nH]c(=O)n(-c2c(Cl)ccc(C)c2Cl)c1=O. The number of aryl methyl sites for hydroxylation is 1. The number of Topliss-reactive ketones (excluding diaryl/α,β-unsaturated/α-hetero) is 1. The van der Waals surface area contributed by atoms with Gasteiger partial charge < -0.3 is 4.98 Å². The summed E-state index contributed by atoms with van der Waals surface area (Å²) in [6.45, 7) is 2.95. The summed E-state index contributed by atoms with van der Waals surface area (Å²) in [5, 5.41) is 0.333. The predicted octanol–water partition coefficient (Wildman–Crippen LogP) is 2.34. The van der Waals surface area contributed by atoms with Crippen molar-refractivity contribution in [2.45, 2.75) is 13.8 Å². The average Bonchev–Trinajstić information content (AvgIpc) is 2.37. The van der Waals surface area contributed by atoms with Crippen LogP contribution in [0.25, 0.3) is 5.69 Å². The van der Waals surface area contributed by atoms with Crippen molar-refractivity contribution in [1.29, 1.82) is 0 Å². The number of aromatic amines is 1. The van der Waals surface area contributed by atoms with Gasteiger partial charge in [0.2, 0.25) is 0 Å². The molecule has 1 N–H and O–H groups in total. The van der Waals surface area contributed by atoms with E-state index in [1.807, 2.05) is 0 Å². The molecule has 1 aromatic heterocycles. The van der Waals surface area contributed by atoms with E-state index in [2.05, 4.69) is 4.98 Å². The fourth-order valence-corrected chi connectivity index (χ4v) is 2.31. The van der Waals surface area contributed by atoms with Gasteiger partial charge in [-0.1, -0.05) is 29.3 Å². The van der Waals surface area contributed by atoms with Gasteiger partial charge in [-0.15, -0.1) is 0 Å². The zero-order chi connectivity index (χ0) is 15.0. The highest BCUT2D eigenvalue weighted by atomic mass is 35.5. The fraction of sp³-hybridized carbons (Fsp3) is 0.154. The normalized spacial score (nSPS) is 10.6. The Morgan fingerprint density at radius 2 is 1.90 bits per heavy atom. The summed E-state index contributed by atoms with van der Waals surface area (Å²) < 4.78 is 0.772. The number of hydrogen-bond donors (Lipinski definition) is 1. The molecule has 0 unspecified atom stereocenters. The minimum Gasteiger partial charge on any atom is -0.313 e. The molecule has 0 aliphatic heterocycles. The monoisotopic (exact) mass is 312 g/mol. The Bertz CT molecular complexity index is 821. The van der Waals surface area contributed by atoms with Gasteiger partial charge in [0.1, 0.15) is 0 Å². The van der Waals surface area contributed by atoms with E-state index >= 15 is 0 Å². The first kappa shape index (κ1) is 14.6. The molecular weight excluding hydrogens is 303 g/mol. The van der Waals surface area contributed by atoms with Crippen LogP contribution in [0.5, 0.6) is 0 Å². The molecule has 0 aliphatic rings. The first-order valence-corrected chi connectivity index (χ1v) is 6.41. The Morgan fingerprint density at radius 1 is 1.25 bits per heavy atom. The molecule has 0 amide bonds. The zero-order valence-electron chi connectivity index (χ0n) is 10.7. The smallest absolute Gasteiger partial charge is 0.313 e. The van der Waals surface area contributed by atoms with Crippen molar-refractivity contribution in [2.24, 2.45) is 0 Å². The lowest BCUT2D eigenvalue weighted by molar-refractivity contribution is 0.101. The van der Waals surface area contributed by atoms with Crippen LogP contribution < -0.4 is 11.2 Å². The van der Waals surface area contributed by atoms with E-state index in [4.69, 9.17) is 23.2 Å². The summed E-state index contributed by atoms with van der Waals surface area (Å²) in [5.41, 5.74) is -0.878. The second-order valence-corrected chi connectivity index (χ2v) is 5.02. The minimum absolute atomic E-state index is 0.0719. The molecule has 0 bridgehead atoms. The Kier molecular flexibility index (Phi) is 3.83. The first-order valence-electron chi connectivity index (χ1n) is 5.65. The minimum atomic E-state index is -0.754. The van der Waals surface area contributed by atoms with Crippen LogP contribution in [0.15, 0.2) is 27.9 Å². The lowest BCUT2D eigenvalue weighted by atomic mass is 10.2. The van der Waals surface area contributed by atoms with Crippen LogP contribution in [0.3, 0.4) is 0 Å². The summed E-state index contributed by atoms with van der Waals surface area (Å²) in [6.07, 6.45) is 1.08. The van der Waals surface area contributed by atoms with E-state index in [1.54, 1.807) is 13.0 Å². The molecule has 104 valence electrons. The number of halogens is 2. The summed E-state index contributed by atoms with van der Waals surface area (Å²) in [6, 6.07) is 3.20. The van der Waals surface area contributed by atoms with Crippen molar-refractivity contribution in [2.75, 3.05) is 0 Å². The van der Waals surface area contributed by atoms with Crippen molar-refractivity contribution in [3.63, 3.8) is 0 Å². The van der Waals surface area contributed by atoms with Gasteiger partial charge in [0.15, 0.2) is 5.78 Å². The quantitative estimate of drug-likeness (QED) is 0.865. The number of carbonyl (C=O) groups excluding carboxylic acids is 1. The van der Waals surface area contributed by atoms with E-state index in [-0.39, 0.29) is 21.3 Å². The third-order valence-corrected chi connectivity index (χ3v) is 3.62. The number of benzene rings is 1. The van der Waals surface area contributed by atoms with Crippen molar-refractivity contribution < 1.29 is 4.79 Å². The molecular formula is C13H10Cl2N2O3. The molecule has 0 aliphatic carbocycles. The summed E-state index contributed by atoms with van der Waals surface area (Å²) in [7, 11) is 0. The van der Waals surface area contributed by atoms with E-state index in [0.29, 0.717) is 5.56 Å². The maximum Gasteiger partial charge on any atom is 0.333 e. The van der Waals surface area contributed by atoms with Crippen molar-refractivity contribution in [3.8, 4) is 5.69 Å². The van der Waals surface area contributed by atoms with Gasteiger partial charge >= 0.3 is 5.69 Å². The fourth-order valence-electron chi connectivity index (χ4n) is 1.78. The average molecular weight is 313 g/mol. The lowest BCUT2D eigenvalue weighted by Crippen LogP contribution is -2.36. The van der Waals surface area contributed by atoms with Crippen molar-refractivity contribution >= 4 is 29.0 Å². The van der Waals surface area contributed by atoms with Gasteiger partial charge in [-0.05, 0) is 25.5 Å². The highest BCUT2D eigenvalue weighted by Gasteiger charge is 2.18. The largest absolute Gasteiger partial charge is 0.333 e. The van der Waals surface area contributed by atoms with Crippen LogP contribution in [0.2, 0.25) is 10.0 Å². The van der Waals surface area contributed by atoms with Crippen LogP contribution in [-0.4, -0.2) is 15.3 Å². The number of ketones is 1. The number of nitrogens with zero attached hydrogens (tertiary/aromatic N) is 1. The molecule has 0 saturated carbocycles. The number of carbonyl (C=O) groups is 1. The number of H-pyrrole nitrogens is 1. The molecule has 5 nitrogen and oxygen atoms in total. The Hall–Kier alpha value is -1.85. The zero-order valence-corrected chi connectivity index (χ0v) is 12.2. The highest BCUT2D eigenvalue weighted by Crippen LogP contribution is 2.29. The van der Waals surface area contributed by atoms with Gasteiger partial charge in [-0.3, -0.25) is 9.59 Å². The molecule has 2 aromatic rings. The van der Waals surface area contributed by atoms with Gasteiger partial charge in [0, 0.05) is 6.20 Å². The number of nitrogens with one attached hydrogen (secondary N) is 1. The molecule has 0 spiro atoms. The summed E-state index contributed by atoms with van der Waals surface area (Å²) >= 11 is 12.2. The number of hydrogen-bond acceptors (Lipinski definition) is 3. The molecule has 0 fully saturated rings. The molecule has 1 aromatic carbocycles. The van der Waals surface area contributed by atoms with Crippen molar-refractivity contribution in [3.05, 3.63) is 60.3 Å². The Balaban J connectivity index is 2.94. The molecule has 7 heteroatoms. The molecule has 0 atom stereocenters. The molecule has 0 radical (unpaired) electrons. The Morgan fingerprint density at radius 3 is 2.50 bits per heavy atom. The topological polar surface area (TPSA) is 71.9 Å². The molecule has 20 heavy (non-hydrogen) atoms. The van der Waals surface area contributed by atoms with Crippen LogP contribution in [0, 0.1) is 6.92 Å². The second kappa shape index (κ2) is 5.26. The molecule has 0 saturated heterocycles. The number of aromatic nitrogens is 2. The second-order valence-electron chi connectivity index (χ2n) is 4.23. The standard InChI is InChI=1S/C13H10Cl2N2O3/c1-6-3-4-9(14)11(10(6)15)17-12(19)8(7(2)18)5-16-13(17)20/h3-5H,1-2H3,(H,16,20). The van der Waals surface area contributed by atoms with Crippen LogP contribution in [-0.2, 0) is 0 Å². The lowest BCUT2D eigenvalue weighted by Gasteiger charge is -2.11. The van der Waals surface area contributed by atoms with E-state index < -0.39 is 17.0 Å². The van der Waals surface area contributed by atoms with E-state index in [0.717, 1.165) is 10.8 Å². The van der Waals surface area contributed by atoms with Crippen LogP contribution >= 0.6 is 23.2 Å². The maximum absolute atomic E-state index is 12.3. The number of rotatable bonds is 2. The van der Waals surface area contributed by atoms with Gasteiger partial charge in [-0.2, -0.15) is 0 Å². The van der Waals surface area contributed by atoms with Gasteiger partial charge in [-0.25, -0.2) is 9.36 Å². The van der Waals surface area contributed by atoms with Crippen molar-refractivity contribution in [1.82, 2.24) is 9.55 Å². The van der Waals surface area contributed by atoms with Gasteiger partial charge in [0.05, 0.1) is 21.3 Å².